The third-order valence-electron chi connectivity index (χ3n) is 4.65. The van der Waals surface area contributed by atoms with Crippen LogP contribution in [0, 0.1) is 11.3 Å². The molecule has 21 heavy (non-hydrogen) atoms. The Labute approximate surface area is 127 Å². The van der Waals surface area contributed by atoms with Gasteiger partial charge in [0, 0.05) is 13.2 Å². The Morgan fingerprint density at radius 1 is 1.38 bits per heavy atom. The average Bonchev–Trinajstić information content (AvgIpc) is 2.86. The molecule has 2 fully saturated rings. The van der Waals surface area contributed by atoms with Gasteiger partial charge in [-0.15, -0.1) is 0 Å². The molecule has 122 valence electrons. The highest BCUT2D eigenvalue weighted by molar-refractivity contribution is 5.74. The van der Waals surface area contributed by atoms with E-state index in [2.05, 4.69) is 31.4 Å². The number of rotatable bonds is 4. The standard InChI is InChI=1S/C16H30N2O3/c1-12-7-15(2,3)10-16(8-12,11-19)18-14(20)17-9-13-5-4-6-21-13/h12-13,19H,4-11H2,1-3H3,(H2,17,18,20). The maximum Gasteiger partial charge on any atom is 0.315 e. The highest BCUT2D eigenvalue weighted by Crippen LogP contribution is 2.43. The minimum atomic E-state index is -0.498. The van der Waals surface area contributed by atoms with E-state index in [1.807, 2.05) is 0 Å². The lowest BCUT2D eigenvalue weighted by molar-refractivity contribution is 0.0426. The second-order valence-electron chi connectivity index (χ2n) is 7.76. The number of aliphatic hydroxyl groups is 1. The maximum absolute atomic E-state index is 12.2. The maximum atomic E-state index is 12.2. The van der Waals surface area contributed by atoms with Crippen LogP contribution in [0.3, 0.4) is 0 Å². The van der Waals surface area contributed by atoms with E-state index >= 15 is 0 Å². The van der Waals surface area contributed by atoms with Crippen LogP contribution in [0.5, 0.6) is 0 Å². The van der Waals surface area contributed by atoms with Crippen molar-refractivity contribution in [3.05, 3.63) is 0 Å². The van der Waals surface area contributed by atoms with Crippen molar-refractivity contribution in [3.8, 4) is 0 Å². The van der Waals surface area contributed by atoms with Gasteiger partial charge >= 0.3 is 6.03 Å². The number of hydrogen-bond acceptors (Lipinski definition) is 3. The molecule has 2 aliphatic rings. The third kappa shape index (κ3) is 4.58. The molecule has 2 rings (SSSR count). The highest BCUT2D eigenvalue weighted by atomic mass is 16.5. The molecule has 0 aromatic heterocycles. The van der Waals surface area contributed by atoms with E-state index in [1.54, 1.807) is 0 Å². The largest absolute Gasteiger partial charge is 0.394 e. The fourth-order valence-electron chi connectivity index (χ4n) is 4.30. The van der Waals surface area contributed by atoms with Gasteiger partial charge < -0.3 is 20.5 Å². The van der Waals surface area contributed by atoms with Gasteiger partial charge in [-0.2, -0.15) is 0 Å². The molecular formula is C16H30N2O3. The monoisotopic (exact) mass is 298 g/mol. The Kier molecular flexibility index (Phi) is 5.15. The van der Waals surface area contributed by atoms with Crippen LogP contribution in [-0.4, -0.2) is 42.5 Å². The topological polar surface area (TPSA) is 70.6 Å². The summed E-state index contributed by atoms with van der Waals surface area (Å²) in [6, 6.07) is -0.190. The molecular weight excluding hydrogens is 268 g/mol. The van der Waals surface area contributed by atoms with Crippen LogP contribution in [0.25, 0.3) is 0 Å². The summed E-state index contributed by atoms with van der Waals surface area (Å²) in [6.45, 7) is 7.94. The van der Waals surface area contributed by atoms with E-state index in [9.17, 15) is 9.90 Å². The number of carbonyl (C=O) groups is 1. The first kappa shape index (κ1) is 16.6. The lowest BCUT2D eigenvalue weighted by atomic mass is 9.64. The Balaban J connectivity index is 1.89. The zero-order valence-electron chi connectivity index (χ0n) is 13.6. The molecule has 0 aromatic rings. The van der Waals surface area contributed by atoms with Gasteiger partial charge in [-0.25, -0.2) is 4.79 Å². The lowest BCUT2D eigenvalue weighted by Gasteiger charge is -2.47. The molecule has 5 nitrogen and oxygen atoms in total. The van der Waals surface area contributed by atoms with Gasteiger partial charge in [0.2, 0.25) is 0 Å². The normalized spacial score (nSPS) is 35.4. The predicted molar refractivity (Wildman–Crippen MR) is 82.1 cm³/mol. The summed E-state index contributed by atoms with van der Waals surface area (Å²) in [5.74, 6) is 0.499. The second-order valence-corrected chi connectivity index (χ2v) is 7.76. The van der Waals surface area contributed by atoms with E-state index in [0.717, 1.165) is 38.7 Å². The minimum absolute atomic E-state index is 0.00583. The van der Waals surface area contributed by atoms with Crippen molar-refractivity contribution in [2.45, 2.75) is 64.5 Å². The highest BCUT2D eigenvalue weighted by Gasteiger charge is 2.43. The van der Waals surface area contributed by atoms with Gasteiger partial charge in [0.05, 0.1) is 18.2 Å². The SMILES string of the molecule is CC1CC(C)(C)CC(CO)(NC(=O)NCC2CCCO2)C1. The molecule has 1 aliphatic heterocycles. The Morgan fingerprint density at radius 3 is 2.71 bits per heavy atom. The second kappa shape index (κ2) is 6.53. The van der Waals surface area contributed by atoms with Crippen molar-refractivity contribution in [2.24, 2.45) is 11.3 Å². The number of urea groups is 1. The summed E-state index contributed by atoms with van der Waals surface area (Å²) in [6.07, 6.45) is 5.00. The van der Waals surface area contributed by atoms with E-state index in [1.165, 1.54) is 0 Å². The fraction of sp³-hybridized carbons (Fsp3) is 0.938. The quantitative estimate of drug-likeness (QED) is 0.744. The molecule has 3 atom stereocenters. The van der Waals surface area contributed by atoms with E-state index in [0.29, 0.717) is 12.5 Å². The van der Waals surface area contributed by atoms with Crippen molar-refractivity contribution in [1.82, 2.24) is 10.6 Å². The molecule has 0 aromatic carbocycles. The van der Waals surface area contributed by atoms with Crippen LogP contribution in [0.15, 0.2) is 0 Å². The smallest absolute Gasteiger partial charge is 0.315 e. The summed E-state index contributed by atoms with van der Waals surface area (Å²) in [4.78, 5) is 12.2. The van der Waals surface area contributed by atoms with Crippen molar-refractivity contribution >= 4 is 6.03 Å². The average molecular weight is 298 g/mol. The van der Waals surface area contributed by atoms with Crippen LogP contribution < -0.4 is 10.6 Å². The molecule has 1 heterocycles. The molecule has 0 spiro atoms. The van der Waals surface area contributed by atoms with Crippen LogP contribution >= 0.6 is 0 Å². The summed E-state index contributed by atoms with van der Waals surface area (Å²) in [7, 11) is 0. The van der Waals surface area contributed by atoms with E-state index in [-0.39, 0.29) is 24.2 Å². The van der Waals surface area contributed by atoms with Gasteiger partial charge in [0.15, 0.2) is 0 Å². The number of amides is 2. The summed E-state index contributed by atoms with van der Waals surface area (Å²) < 4.78 is 5.50. The van der Waals surface area contributed by atoms with Gasteiger partial charge in [-0.1, -0.05) is 20.8 Å². The molecule has 0 bridgehead atoms. The van der Waals surface area contributed by atoms with E-state index < -0.39 is 5.54 Å². The van der Waals surface area contributed by atoms with Crippen molar-refractivity contribution in [3.63, 3.8) is 0 Å². The van der Waals surface area contributed by atoms with Gasteiger partial charge in [-0.05, 0) is 43.4 Å². The molecule has 3 unspecified atom stereocenters. The zero-order valence-corrected chi connectivity index (χ0v) is 13.6. The first-order valence-corrected chi connectivity index (χ1v) is 8.13. The predicted octanol–water partition coefficient (Wildman–Crippen LogP) is 2.04. The lowest BCUT2D eigenvalue weighted by Crippen LogP contribution is -2.59. The zero-order chi connectivity index (χ0) is 15.5. The van der Waals surface area contributed by atoms with Crippen LogP contribution in [0.1, 0.15) is 52.9 Å². The molecule has 1 saturated heterocycles. The van der Waals surface area contributed by atoms with E-state index in [4.69, 9.17) is 4.74 Å². The van der Waals surface area contributed by atoms with Crippen LogP contribution in [0.4, 0.5) is 4.79 Å². The molecule has 5 heteroatoms. The number of ether oxygens (including phenoxy) is 1. The first-order chi connectivity index (χ1) is 9.84. The van der Waals surface area contributed by atoms with Crippen molar-refractivity contribution in [1.29, 1.82) is 0 Å². The van der Waals surface area contributed by atoms with Gasteiger partial charge in [-0.3, -0.25) is 0 Å². The summed E-state index contributed by atoms with van der Waals surface area (Å²) >= 11 is 0. The summed E-state index contributed by atoms with van der Waals surface area (Å²) in [5, 5.41) is 15.8. The first-order valence-electron chi connectivity index (χ1n) is 8.13. The molecule has 1 saturated carbocycles. The van der Waals surface area contributed by atoms with Crippen molar-refractivity contribution < 1.29 is 14.6 Å². The molecule has 0 radical (unpaired) electrons. The number of aliphatic hydroxyl groups excluding tert-OH is 1. The Bertz CT molecular complexity index is 367. The third-order valence-corrected chi connectivity index (χ3v) is 4.65. The Morgan fingerprint density at radius 2 is 2.14 bits per heavy atom. The minimum Gasteiger partial charge on any atom is -0.394 e. The van der Waals surface area contributed by atoms with Crippen LogP contribution in [0.2, 0.25) is 0 Å². The van der Waals surface area contributed by atoms with Gasteiger partial charge in [0.1, 0.15) is 0 Å². The Hall–Kier alpha value is -0.810. The molecule has 1 aliphatic carbocycles. The number of carbonyl (C=O) groups excluding carboxylic acids is 1. The number of hydrogen-bond donors (Lipinski definition) is 3. The molecule has 3 N–H and O–H groups in total. The summed E-state index contributed by atoms with van der Waals surface area (Å²) in [5.41, 5.74) is -0.357. The molecule has 2 amide bonds. The van der Waals surface area contributed by atoms with Crippen molar-refractivity contribution in [2.75, 3.05) is 19.8 Å². The van der Waals surface area contributed by atoms with Gasteiger partial charge in [0.25, 0.3) is 0 Å². The fourth-order valence-corrected chi connectivity index (χ4v) is 4.30. The van der Waals surface area contributed by atoms with Crippen LogP contribution in [-0.2, 0) is 4.74 Å². The number of nitrogens with one attached hydrogen (secondary N) is 2.